The largest absolute Gasteiger partial charge is 0.433 e. The lowest BCUT2D eigenvalue weighted by Gasteiger charge is -2.12. The number of hydrazone groups is 1. The predicted octanol–water partition coefficient (Wildman–Crippen LogP) is 1.67. The van der Waals surface area contributed by atoms with Gasteiger partial charge >= 0.3 is 11.9 Å². The van der Waals surface area contributed by atoms with Crippen molar-refractivity contribution in [2.45, 2.75) is 0 Å². The van der Waals surface area contributed by atoms with Gasteiger partial charge in [0.15, 0.2) is 11.5 Å². The van der Waals surface area contributed by atoms with Gasteiger partial charge in [-0.1, -0.05) is 30.3 Å². The molecule has 26 heavy (non-hydrogen) atoms. The van der Waals surface area contributed by atoms with Crippen LogP contribution in [0.15, 0.2) is 52.0 Å². The van der Waals surface area contributed by atoms with Crippen LogP contribution in [0.25, 0.3) is 0 Å². The number of nitro groups is 1. The number of nitrogens with zero attached hydrogens (tertiary/aromatic N) is 4. The summed E-state index contributed by atoms with van der Waals surface area (Å²) in [5.74, 6) is -1.36. The standard InChI is InChI=1S/C16H12N4O6/c21-13(11-4-2-1-3-5-11)9-18-14(22)10-19(16(18)23)17-8-12-6-7-15(26-12)20(24)25/h1-8H,9-10H2/b17-8+. The van der Waals surface area contributed by atoms with Gasteiger partial charge in [0.25, 0.3) is 5.91 Å². The number of furan rings is 1. The normalized spacial score (nSPS) is 14.5. The Morgan fingerprint density at radius 3 is 2.62 bits per heavy atom. The van der Waals surface area contributed by atoms with Gasteiger partial charge in [-0.2, -0.15) is 5.10 Å². The second kappa shape index (κ2) is 6.97. The molecule has 10 heteroatoms. The van der Waals surface area contributed by atoms with E-state index in [-0.39, 0.29) is 24.6 Å². The van der Waals surface area contributed by atoms with Crippen LogP contribution in [0.3, 0.4) is 0 Å². The van der Waals surface area contributed by atoms with Crippen LogP contribution in [0.1, 0.15) is 16.1 Å². The van der Waals surface area contributed by atoms with Crippen LogP contribution in [-0.4, -0.2) is 51.9 Å². The average Bonchev–Trinajstić information content (AvgIpc) is 3.21. The van der Waals surface area contributed by atoms with Gasteiger partial charge in [0.1, 0.15) is 11.5 Å². The molecule has 1 aliphatic rings. The first kappa shape index (κ1) is 17.0. The van der Waals surface area contributed by atoms with E-state index in [0.29, 0.717) is 5.56 Å². The molecule has 0 bridgehead atoms. The Morgan fingerprint density at radius 1 is 1.23 bits per heavy atom. The molecule has 0 saturated carbocycles. The number of carbonyl (C=O) groups is 3. The highest BCUT2D eigenvalue weighted by Gasteiger charge is 2.37. The topological polar surface area (TPSA) is 126 Å². The summed E-state index contributed by atoms with van der Waals surface area (Å²) in [6.07, 6.45) is 1.08. The summed E-state index contributed by atoms with van der Waals surface area (Å²) in [7, 11) is 0. The molecule has 1 aromatic carbocycles. The summed E-state index contributed by atoms with van der Waals surface area (Å²) in [5.41, 5.74) is 0.387. The number of amides is 3. The van der Waals surface area contributed by atoms with E-state index in [1.807, 2.05) is 0 Å². The van der Waals surface area contributed by atoms with Crippen LogP contribution in [0, 0.1) is 10.1 Å². The highest BCUT2D eigenvalue weighted by molar-refractivity contribution is 6.08. The van der Waals surface area contributed by atoms with E-state index in [0.717, 1.165) is 22.2 Å². The van der Waals surface area contributed by atoms with E-state index in [9.17, 15) is 24.5 Å². The SMILES string of the molecule is O=C(CN1C(=O)CN(/N=C/c2ccc([N+](=O)[O-])o2)C1=O)c1ccccc1. The van der Waals surface area contributed by atoms with Crippen LogP contribution in [0.5, 0.6) is 0 Å². The molecule has 0 atom stereocenters. The average molecular weight is 356 g/mol. The third kappa shape index (κ3) is 3.48. The molecule has 0 unspecified atom stereocenters. The van der Waals surface area contributed by atoms with Gasteiger partial charge in [0.05, 0.1) is 18.8 Å². The van der Waals surface area contributed by atoms with Gasteiger partial charge < -0.3 is 4.42 Å². The summed E-state index contributed by atoms with van der Waals surface area (Å²) in [6.45, 7) is -0.722. The molecule has 0 aliphatic carbocycles. The Hall–Kier alpha value is -3.82. The molecule has 1 fully saturated rings. The molecular formula is C16H12N4O6. The Bertz CT molecular complexity index is 904. The second-order valence-corrected chi connectivity index (χ2v) is 5.29. The quantitative estimate of drug-likeness (QED) is 0.255. The monoisotopic (exact) mass is 356 g/mol. The van der Waals surface area contributed by atoms with Crippen molar-refractivity contribution in [2.75, 3.05) is 13.1 Å². The molecule has 1 aromatic heterocycles. The van der Waals surface area contributed by atoms with Crippen molar-refractivity contribution in [1.29, 1.82) is 0 Å². The first-order valence-electron chi connectivity index (χ1n) is 7.44. The zero-order valence-corrected chi connectivity index (χ0v) is 13.3. The number of ketones is 1. The van der Waals surface area contributed by atoms with E-state index in [1.54, 1.807) is 30.3 Å². The molecule has 132 valence electrons. The summed E-state index contributed by atoms with van der Waals surface area (Å²) in [5, 5.41) is 15.2. The van der Waals surface area contributed by atoms with Crippen molar-refractivity contribution >= 4 is 29.8 Å². The van der Waals surface area contributed by atoms with Crippen molar-refractivity contribution in [2.24, 2.45) is 5.10 Å². The smallest absolute Gasteiger partial charge is 0.400 e. The Morgan fingerprint density at radius 2 is 1.96 bits per heavy atom. The van der Waals surface area contributed by atoms with Gasteiger partial charge in [-0.3, -0.25) is 24.6 Å². The maximum atomic E-state index is 12.2. The molecule has 10 nitrogen and oxygen atoms in total. The lowest BCUT2D eigenvalue weighted by atomic mass is 10.1. The highest BCUT2D eigenvalue weighted by Crippen LogP contribution is 2.16. The molecule has 0 N–H and O–H groups in total. The lowest BCUT2D eigenvalue weighted by Crippen LogP contribution is -2.36. The van der Waals surface area contributed by atoms with E-state index in [4.69, 9.17) is 4.42 Å². The minimum atomic E-state index is -0.753. The van der Waals surface area contributed by atoms with Gasteiger partial charge in [0, 0.05) is 5.56 Å². The molecule has 2 aromatic rings. The number of Topliss-reactive ketones (excluding diaryl/α,β-unsaturated/α-hetero) is 1. The van der Waals surface area contributed by atoms with Crippen LogP contribution in [-0.2, 0) is 4.79 Å². The molecular weight excluding hydrogens is 344 g/mol. The fourth-order valence-corrected chi connectivity index (χ4v) is 2.27. The van der Waals surface area contributed by atoms with Gasteiger partial charge in [-0.05, 0) is 6.07 Å². The van der Waals surface area contributed by atoms with Crippen molar-refractivity contribution in [3.8, 4) is 0 Å². The van der Waals surface area contributed by atoms with Crippen LogP contribution < -0.4 is 0 Å². The molecule has 1 aliphatic heterocycles. The number of hydrogen-bond acceptors (Lipinski definition) is 7. The summed E-state index contributed by atoms with van der Waals surface area (Å²) < 4.78 is 4.88. The molecule has 2 heterocycles. The summed E-state index contributed by atoms with van der Waals surface area (Å²) in [4.78, 5) is 47.0. The summed E-state index contributed by atoms with van der Waals surface area (Å²) in [6, 6.07) is 9.99. The van der Waals surface area contributed by atoms with E-state index < -0.39 is 22.7 Å². The van der Waals surface area contributed by atoms with E-state index in [2.05, 4.69) is 5.10 Å². The predicted molar refractivity (Wildman–Crippen MR) is 87.5 cm³/mol. The fourth-order valence-electron chi connectivity index (χ4n) is 2.27. The van der Waals surface area contributed by atoms with Gasteiger partial charge in [0.2, 0.25) is 0 Å². The third-order valence-corrected chi connectivity index (χ3v) is 3.55. The molecule has 1 saturated heterocycles. The number of benzene rings is 1. The number of imide groups is 1. The molecule has 0 radical (unpaired) electrons. The van der Waals surface area contributed by atoms with Crippen molar-refractivity contribution in [3.05, 3.63) is 63.9 Å². The Labute approximate surface area is 146 Å². The molecule has 3 rings (SSSR count). The Kier molecular flexibility index (Phi) is 4.56. The van der Waals surface area contributed by atoms with Gasteiger partial charge in [-0.15, -0.1) is 0 Å². The van der Waals surface area contributed by atoms with Crippen LogP contribution >= 0.6 is 0 Å². The molecule has 0 spiro atoms. The Balaban J connectivity index is 1.67. The first-order valence-corrected chi connectivity index (χ1v) is 7.44. The first-order chi connectivity index (χ1) is 12.5. The van der Waals surface area contributed by atoms with Crippen LogP contribution in [0.2, 0.25) is 0 Å². The summed E-state index contributed by atoms with van der Waals surface area (Å²) >= 11 is 0. The lowest BCUT2D eigenvalue weighted by molar-refractivity contribution is -0.402. The third-order valence-electron chi connectivity index (χ3n) is 3.55. The highest BCUT2D eigenvalue weighted by atomic mass is 16.6. The van der Waals surface area contributed by atoms with Gasteiger partial charge in [-0.25, -0.2) is 9.80 Å². The number of hydrogen-bond donors (Lipinski definition) is 0. The zero-order valence-electron chi connectivity index (χ0n) is 13.3. The number of rotatable bonds is 6. The zero-order chi connectivity index (χ0) is 18.7. The number of urea groups is 1. The minimum Gasteiger partial charge on any atom is -0.400 e. The maximum Gasteiger partial charge on any atom is 0.433 e. The van der Waals surface area contributed by atoms with Crippen molar-refractivity contribution in [1.82, 2.24) is 9.91 Å². The van der Waals surface area contributed by atoms with E-state index in [1.165, 1.54) is 6.07 Å². The second-order valence-electron chi connectivity index (χ2n) is 5.29. The van der Waals surface area contributed by atoms with Crippen molar-refractivity contribution < 1.29 is 23.7 Å². The fraction of sp³-hybridized carbons (Fsp3) is 0.125. The van der Waals surface area contributed by atoms with Crippen LogP contribution in [0.4, 0.5) is 10.7 Å². The number of carbonyl (C=O) groups excluding carboxylic acids is 3. The molecule has 3 amide bonds. The van der Waals surface area contributed by atoms with Crippen molar-refractivity contribution in [3.63, 3.8) is 0 Å². The minimum absolute atomic E-state index is 0.0516. The maximum absolute atomic E-state index is 12.2. The van der Waals surface area contributed by atoms with E-state index >= 15 is 0 Å².